The van der Waals surface area contributed by atoms with E-state index in [0.717, 1.165) is 0 Å². The Hall–Kier alpha value is -1.21. The molecule has 1 rings (SSSR count). The van der Waals surface area contributed by atoms with Gasteiger partial charge in [0, 0.05) is 40.2 Å². The molecule has 0 saturated carbocycles. The van der Waals surface area contributed by atoms with Crippen LogP contribution < -0.4 is 5.73 Å². The summed E-state index contributed by atoms with van der Waals surface area (Å²) < 4.78 is 0. The molecular weight excluding hydrogens is 276 g/mol. The molecule has 0 spiro atoms. The van der Waals surface area contributed by atoms with Gasteiger partial charge in [0.1, 0.15) is 0 Å². The third kappa shape index (κ3) is 3.89. The van der Waals surface area contributed by atoms with Gasteiger partial charge < -0.3 is 15.5 Å². The lowest BCUT2D eigenvalue weighted by molar-refractivity contribution is -0.149. The molecule has 0 aromatic rings. The van der Waals surface area contributed by atoms with Gasteiger partial charge in [-0.05, 0) is 13.8 Å². The van der Waals surface area contributed by atoms with Crippen molar-refractivity contribution in [1.29, 1.82) is 0 Å². The molecule has 1 aliphatic heterocycles. The lowest BCUT2D eigenvalue weighted by atomic mass is 9.98. The van der Waals surface area contributed by atoms with E-state index in [4.69, 9.17) is 18.0 Å². The van der Waals surface area contributed by atoms with Crippen molar-refractivity contribution < 1.29 is 9.59 Å². The lowest BCUT2D eigenvalue weighted by Crippen LogP contribution is -2.63. The molecular formula is C13H24N4O2S. The van der Waals surface area contributed by atoms with Crippen molar-refractivity contribution in [3.63, 3.8) is 0 Å². The fourth-order valence-corrected chi connectivity index (χ4v) is 2.31. The fraction of sp³-hybridized carbons (Fsp3) is 0.769. The predicted octanol–water partition coefficient (Wildman–Crippen LogP) is -0.326. The van der Waals surface area contributed by atoms with E-state index in [1.807, 2.05) is 18.7 Å². The first-order valence-electron chi connectivity index (χ1n) is 6.69. The van der Waals surface area contributed by atoms with Gasteiger partial charge in [-0.15, -0.1) is 0 Å². The van der Waals surface area contributed by atoms with E-state index in [9.17, 15) is 9.59 Å². The fourth-order valence-electron chi connectivity index (χ4n) is 2.22. The number of carbonyl (C=O) groups is 2. The number of thiocarbonyl (C=S) groups is 1. The normalized spacial score (nSPS) is 19.0. The molecule has 20 heavy (non-hydrogen) atoms. The Balaban J connectivity index is 2.61. The van der Waals surface area contributed by atoms with Gasteiger partial charge in [0.15, 0.2) is 0 Å². The Kier molecular flexibility index (Phi) is 5.47. The number of carbonyl (C=O) groups excluding carboxylic acids is 2. The van der Waals surface area contributed by atoms with E-state index in [1.54, 1.807) is 23.9 Å². The van der Waals surface area contributed by atoms with Crippen molar-refractivity contribution >= 4 is 29.0 Å². The number of rotatable bonds is 5. The molecule has 0 unspecified atom stereocenters. The number of hydrogen-bond donors (Lipinski definition) is 1. The van der Waals surface area contributed by atoms with E-state index >= 15 is 0 Å². The number of nitrogens with two attached hydrogens (primary N) is 1. The molecule has 0 aromatic carbocycles. The van der Waals surface area contributed by atoms with Gasteiger partial charge in [-0.3, -0.25) is 14.5 Å². The summed E-state index contributed by atoms with van der Waals surface area (Å²) in [4.78, 5) is 30.0. The summed E-state index contributed by atoms with van der Waals surface area (Å²) in [6.07, 6.45) is 0.517. The lowest BCUT2D eigenvalue weighted by Gasteiger charge is -2.44. The highest BCUT2D eigenvalue weighted by Gasteiger charge is 2.41. The van der Waals surface area contributed by atoms with E-state index in [0.29, 0.717) is 31.0 Å². The first kappa shape index (κ1) is 16.8. The predicted molar refractivity (Wildman–Crippen MR) is 82.3 cm³/mol. The van der Waals surface area contributed by atoms with Crippen LogP contribution in [0.2, 0.25) is 0 Å². The van der Waals surface area contributed by atoms with Gasteiger partial charge >= 0.3 is 0 Å². The first-order valence-corrected chi connectivity index (χ1v) is 7.10. The van der Waals surface area contributed by atoms with Crippen molar-refractivity contribution in [3.8, 4) is 0 Å². The molecule has 0 aliphatic carbocycles. The zero-order valence-corrected chi connectivity index (χ0v) is 13.5. The molecule has 1 heterocycles. The summed E-state index contributed by atoms with van der Waals surface area (Å²) in [6, 6.07) is 0. The average Bonchev–Trinajstić information content (AvgIpc) is 2.37. The Morgan fingerprint density at radius 1 is 1.45 bits per heavy atom. The minimum absolute atomic E-state index is 0.0216. The monoisotopic (exact) mass is 300 g/mol. The highest BCUT2D eigenvalue weighted by atomic mass is 32.1. The Morgan fingerprint density at radius 2 is 2.05 bits per heavy atom. The summed E-state index contributed by atoms with van der Waals surface area (Å²) >= 11 is 4.81. The summed E-state index contributed by atoms with van der Waals surface area (Å²) in [6.45, 7) is 5.80. The van der Waals surface area contributed by atoms with Crippen LogP contribution in [-0.2, 0) is 9.59 Å². The van der Waals surface area contributed by atoms with Crippen LogP contribution in [-0.4, -0.2) is 77.3 Å². The van der Waals surface area contributed by atoms with Crippen LogP contribution in [0, 0.1) is 0 Å². The van der Waals surface area contributed by atoms with Gasteiger partial charge in [0.25, 0.3) is 0 Å². The second-order valence-corrected chi connectivity index (χ2v) is 6.26. The van der Waals surface area contributed by atoms with Crippen molar-refractivity contribution in [1.82, 2.24) is 14.7 Å². The molecule has 2 amide bonds. The molecule has 1 saturated heterocycles. The van der Waals surface area contributed by atoms with Crippen molar-refractivity contribution in [2.24, 2.45) is 5.73 Å². The molecule has 2 N–H and O–H groups in total. The third-order valence-corrected chi connectivity index (χ3v) is 4.02. The van der Waals surface area contributed by atoms with Gasteiger partial charge in [0.05, 0.1) is 17.1 Å². The highest BCUT2D eigenvalue weighted by molar-refractivity contribution is 7.80. The maximum absolute atomic E-state index is 12.2. The molecule has 6 nitrogen and oxygen atoms in total. The maximum Gasteiger partial charge on any atom is 0.242 e. The summed E-state index contributed by atoms with van der Waals surface area (Å²) in [5.41, 5.74) is 4.79. The van der Waals surface area contributed by atoms with Crippen molar-refractivity contribution in [3.05, 3.63) is 0 Å². The van der Waals surface area contributed by atoms with Crippen molar-refractivity contribution in [2.45, 2.75) is 25.8 Å². The van der Waals surface area contributed by atoms with Crippen LogP contribution in [0.25, 0.3) is 0 Å². The first-order chi connectivity index (χ1) is 9.16. The van der Waals surface area contributed by atoms with Crippen LogP contribution in [0.3, 0.4) is 0 Å². The summed E-state index contributed by atoms with van der Waals surface area (Å²) in [5.74, 6) is 0.0222. The minimum atomic E-state index is -0.646. The average molecular weight is 300 g/mol. The van der Waals surface area contributed by atoms with E-state index in [-0.39, 0.29) is 18.4 Å². The molecule has 0 aromatic heterocycles. The van der Waals surface area contributed by atoms with Gasteiger partial charge in [-0.1, -0.05) is 12.2 Å². The number of nitrogens with zero attached hydrogens (tertiary/aromatic N) is 3. The Labute approximate surface area is 125 Å². The van der Waals surface area contributed by atoms with Gasteiger partial charge in [0.2, 0.25) is 11.8 Å². The van der Waals surface area contributed by atoms with E-state index in [2.05, 4.69) is 0 Å². The second kappa shape index (κ2) is 6.49. The third-order valence-electron chi connectivity index (χ3n) is 3.81. The number of likely N-dealkylation sites (N-methyl/N-ethyl adjacent to an activating group) is 2. The van der Waals surface area contributed by atoms with E-state index < -0.39 is 5.54 Å². The van der Waals surface area contributed by atoms with Crippen LogP contribution in [0.5, 0.6) is 0 Å². The largest absolute Gasteiger partial charge is 0.393 e. The molecule has 0 radical (unpaired) electrons. The zero-order chi connectivity index (χ0) is 15.5. The molecule has 1 aliphatic rings. The maximum atomic E-state index is 12.2. The van der Waals surface area contributed by atoms with E-state index in [1.165, 1.54) is 0 Å². The molecule has 1 fully saturated rings. The molecule has 7 heteroatoms. The Morgan fingerprint density at radius 3 is 2.60 bits per heavy atom. The van der Waals surface area contributed by atoms with Gasteiger partial charge in [-0.25, -0.2) is 0 Å². The number of amides is 2. The molecule has 114 valence electrons. The Bertz CT molecular complexity index is 411. The quantitative estimate of drug-likeness (QED) is 0.704. The van der Waals surface area contributed by atoms with Crippen LogP contribution >= 0.6 is 12.2 Å². The zero-order valence-electron chi connectivity index (χ0n) is 12.7. The smallest absolute Gasteiger partial charge is 0.242 e. The summed E-state index contributed by atoms with van der Waals surface area (Å²) in [5, 5.41) is 0. The molecule has 0 atom stereocenters. The number of piperazine rings is 1. The topological polar surface area (TPSA) is 69.9 Å². The van der Waals surface area contributed by atoms with Crippen molar-refractivity contribution in [2.75, 3.05) is 40.3 Å². The SMILES string of the molecule is CN(CCC(N)=S)C(=O)CN1CCN(C)C(=O)C1(C)C. The number of hydrogen-bond acceptors (Lipinski definition) is 4. The molecule has 0 bridgehead atoms. The van der Waals surface area contributed by atoms with Crippen LogP contribution in [0.15, 0.2) is 0 Å². The van der Waals surface area contributed by atoms with Gasteiger partial charge in [-0.2, -0.15) is 0 Å². The summed E-state index contributed by atoms with van der Waals surface area (Å²) in [7, 11) is 3.52. The highest BCUT2D eigenvalue weighted by Crippen LogP contribution is 2.21. The van der Waals surface area contributed by atoms with Crippen LogP contribution in [0.4, 0.5) is 0 Å². The minimum Gasteiger partial charge on any atom is -0.393 e. The van der Waals surface area contributed by atoms with Crippen LogP contribution in [0.1, 0.15) is 20.3 Å². The second-order valence-electron chi connectivity index (χ2n) is 5.74. The standard InChI is InChI=1S/C13H24N4O2S/c1-13(2)12(19)16(4)7-8-17(13)9-11(18)15(3)6-5-10(14)20/h5-9H2,1-4H3,(H2,14,20).